The van der Waals surface area contributed by atoms with E-state index in [2.05, 4.69) is 9.94 Å². The molecule has 0 aliphatic carbocycles. The van der Waals surface area contributed by atoms with Crippen molar-refractivity contribution in [3.63, 3.8) is 0 Å². The molecule has 1 rings (SSSR count). The van der Waals surface area contributed by atoms with Crippen molar-refractivity contribution < 1.29 is 36.3 Å². The van der Waals surface area contributed by atoms with Crippen LogP contribution in [-0.2, 0) is 14.9 Å². The van der Waals surface area contributed by atoms with Gasteiger partial charge >= 0.3 is 12.1 Å². The van der Waals surface area contributed by atoms with Crippen molar-refractivity contribution in [2.75, 3.05) is 6.61 Å². The van der Waals surface area contributed by atoms with Gasteiger partial charge in [-0.3, -0.25) is 9.94 Å². The van der Waals surface area contributed by atoms with Crippen molar-refractivity contribution in [3.8, 4) is 0 Å². The number of halogens is 3. The van der Waals surface area contributed by atoms with Gasteiger partial charge in [-0.05, 0) is 0 Å². The van der Waals surface area contributed by atoms with Crippen LogP contribution < -0.4 is 4.89 Å². The molecule has 18 heavy (non-hydrogen) atoms. The summed E-state index contributed by atoms with van der Waals surface area (Å²) in [4.78, 5) is 15.4. The highest BCUT2D eigenvalue weighted by atomic mass is 32.2. The summed E-state index contributed by atoms with van der Waals surface area (Å²) in [5, 5.41) is 12.7. The summed E-state index contributed by atoms with van der Waals surface area (Å²) >= 11 is 0. The van der Waals surface area contributed by atoms with Crippen LogP contribution in [0.4, 0.5) is 13.2 Å². The van der Waals surface area contributed by atoms with Crippen molar-refractivity contribution in [2.24, 2.45) is 0 Å². The van der Waals surface area contributed by atoms with E-state index in [0.717, 1.165) is 4.89 Å². The maximum absolute atomic E-state index is 11.7. The summed E-state index contributed by atoms with van der Waals surface area (Å²) in [7, 11) is -4.59. The molecule has 1 aromatic rings. The number of nitrogens with zero attached hydrogens (tertiary/aromatic N) is 1. The highest BCUT2D eigenvalue weighted by Crippen LogP contribution is 2.15. The fraction of sp³-hybridized carbons (Fsp3) is 0.333. The molecule has 12 heteroatoms. The number of sulfonamides is 1. The molecule has 102 valence electrons. The first kappa shape index (κ1) is 14.4. The van der Waals surface area contributed by atoms with Gasteiger partial charge in [-0.2, -0.15) is 18.3 Å². The van der Waals surface area contributed by atoms with Gasteiger partial charge < -0.3 is 5.11 Å². The Bertz CT molecular complexity index is 537. The second-order valence-corrected chi connectivity index (χ2v) is 4.49. The Labute approximate surface area is 97.8 Å². The van der Waals surface area contributed by atoms with Crippen molar-refractivity contribution in [1.29, 1.82) is 0 Å². The number of H-pyrrole nitrogens is 1. The molecule has 0 unspecified atom stereocenters. The molecule has 0 bridgehead atoms. The fourth-order valence-corrected chi connectivity index (χ4v) is 1.76. The smallest absolute Gasteiger partial charge is 0.413 e. The molecule has 0 aromatic carbocycles. The van der Waals surface area contributed by atoms with Crippen LogP contribution in [0.3, 0.4) is 0 Å². The minimum absolute atomic E-state index is 0.695. The van der Waals surface area contributed by atoms with E-state index in [1.807, 2.05) is 5.10 Å². The van der Waals surface area contributed by atoms with Crippen molar-refractivity contribution in [1.82, 2.24) is 15.1 Å². The van der Waals surface area contributed by atoms with Crippen LogP contribution in [0.2, 0.25) is 0 Å². The van der Waals surface area contributed by atoms with Gasteiger partial charge in [-0.25, -0.2) is 13.2 Å². The predicted octanol–water partition coefficient (Wildman–Crippen LogP) is -0.120. The Hall–Kier alpha value is -1.66. The molecule has 1 aromatic heterocycles. The lowest BCUT2D eigenvalue weighted by atomic mass is 10.4. The van der Waals surface area contributed by atoms with E-state index >= 15 is 0 Å². The van der Waals surface area contributed by atoms with E-state index < -0.39 is 39.4 Å². The van der Waals surface area contributed by atoms with E-state index in [-0.39, 0.29) is 0 Å². The first-order valence-electron chi connectivity index (χ1n) is 4.10. The molecular formula is C6H6F3N3O5S. The molecule has 1 heterocycles. The minimum atomic E-state index is -4.73. The van der Waals surface area contributed by atoms with Gasteiger partial charge in [0.05, 0.1) is 6.20 Å². The first-order valence-corrected chi connectivity index (χ1v) is 5.59. The van der Waals surface area contributed by atoms with E-state index in [1.54, 1.807) is 0 Å². The number of aromatic nitrogens is 2. The van der Waals surface area contributed by atoms with Crippen molar-refractivity contribution >= 4 is 16.0 Å². The summed E-state index contributed by atoms with van der Waals surface area (Å²) in [6.07, 6.45) is -4.03. The number of carboxylic acids is 1. The van der Waals surface area contributed by atoms with E-state index in [0.29, 0.717) is 6.20 Å². The van der Waals surface area contributed by atoms with Crippen LogP contribution in [0, 0.1) is 0 Å². The van der Waals surface area contributed by atoms with E-state index in [1.165, 1.54) is 0 Å². The summed E-state index contributed by atoms with van der Waals surface area (Å²) in [5.74, 6) is -1.61. The SMILES string of the molecule is O=C(O)c1cn[nH]c1S(=O)(=O)NOCC(F)(F)F. The zero-order valence-electron chi connectivity index (χ0n) is 8.35. The molecule has 0 aliphatic rings. The van der Waals surface area contributed by atoms with Crippen LogP contribution in [-0.4, -0.2) is 42.5 Å². The molecule has 0 aliphatic heterocycles. The van der Waals surface area contributed by atoms with Crippen LogP contribution in [0.15, 0.2) is 11.2 Å². The van der Waals surface area contributed by atoms with Crippen molar-refractivity contribution in [2.45, 2.75) is 11.2 Å². The summed E-state index contributed by atoms with van der Waals surface area (Å²) in [5.41, 5.74) is -0.724. The topological polar surface area (TPSA) is 121 Å². The third kappa shape index (κ3) is 3.68. The Morgan fingerprint density at radius 3 is 2.67 bits per heavy atom. The second kappa shape index (κ2) is 4.91. The lowest BCUT2D eigenvalue weighted by Gasteiger charge is -2.08. The molecule has 0 amide bonds. The molecule has 0 radical (unpaired) electrons. The number of hydrogen-bond donors (Lipinski definition) is 3. The number of nitrogens with one attached hydrogen (secondary N) is 2. The van der Waals surface area contributed by atoms with Gasteiger partial charge in [-0.1, -0.05) is 4.89 Å². The number of carboxylic acid groups (broad SMARTS) is 1. The largest absolute Gasteiger partial charge is 0.478 e. The normalized spacial score (nSPS) is 12.6. The lowest BCUT2D eigenvalue weighted by Crippen LogP contribution is -2.30. The molecule has 3 N–H and O–H groups in total. The molecular weight excluding hydrogens is 283 g/mol. The van der Waals surface area contributed by atoms with Crippen LogP contribution >= 0.6 is 0 Å². The monoisotopic (exact) mass is 289 g/mol. The Morgan fingerprint density at radius 2 is 2.17 bits per heavy atom. The highest BCUT2D eigenvalue weighted by molar-refractivity contribution is 7.89. The number of rotatable bonds is 5. The average molecular weight is 289 g/mol. The lowest BCUT2D eigenvalue weighted by molar-refractivity contribution is -0.181. The second-order valence-electron chi connectivity index (χ2n) is 2.91. The Morgan fingerprint density at radius 1 is 1.56 bits per heavy atom. The molecule has 0 saturated heterocycles. The maximum atomic E-state index is 11.7. The first-order chi connectivity index (χ1) is 8.13. The van der Waals surface area contributed by atoms with Gasteiger partial charge in [0.25, 0.3) is 10.0 Å². The van der Waals surface area contributed by atoms with Crippen LogP contribution in [0.25, 0.3) is 0 Å². The number of hydrogen-bond acceptors (Lipinski definition) is 5. The summed E-state index contributed by atoms with van der Waals surface area (Å²) < 4.78 is 57.9. The minimum Gasteiger partial charge on any atom is -0.478 e. The molecule has 0 spiro atoms. The highest BCUT2D eigenvalue weighted by Gasteiger charge is 2.30. The zero-order chi connectivity index (χ0) is 14.0. The third-order valence-corrected chi connectivity index (χ3v) is 2.69. The number of aromatic carboxylic acids is 1. The van der Waals surface area contributed by atoms with Crippen LogP contribution in [0.1, 0.15) is 10.4 Å². The van der Waals surface area contributed by atoms with Gasteiger partial charge in [0.1, 0.15) is 5.56 Å². The van der Waals surface area contributed by atoms with Crippen LogP contribution in [0.5, 0.6) is 0 Å². The standard InChI is InChI=1S/C6H6F3N3O5S/c7-6(8,9)2-17-12-18(15,16)4-3(5(13)14)1-10-11-4/h1,12H,2H2,(H,10,11)(H,13,14). The fourth-order valence-electron chi connectivity index (χ4n) is 0.862. The number of aromatic amines is 1. The van der Waals surface area contributed by atoms with Crippen molar-refractivity contribution in [3.05, 3.63) is 11.8 Å². The Kier molecular flexibility index (Phi) is 3.93. The van der Waals surface area contributed by atoms with Gasteiger partial charge in [0, 0.05) is 0 Å². The van der Waals surface area contributed by atoms with Gasteiger partial charge in [0.2, 0.25) is 0 Å². The Balaban J connectivity index is 2.81. The molecule has 0 atom stereocenters. The maximum Gasteiger partial charge on any atom is 0.413 e. The quantitative estimate of drug-likeness (QED) is 0.650. The summed E-state index contributed by atoms with van der Waals surface area (Å²) in [6, 6.07) is 0. The van der Waals surface area contributed by atoms with Gasteiger partial charge in [0.15, 0.2) is 11.6 Å². The molecule has 0 fully saturated rings. The molecule has 8 nitrogen and oxygen atoms in total. The zero-order valence-corrected chi connectivity index (χ0v) is 9.17. The van der Waals surface area contributed by atoms with E-state index in [4.69, 9.17) is 5.11 Å². The molecule has 0 saturated carbocycles. The predicted molar refractivity (Wildman–Crippen MR) is 47.9 cm³/mol. The average Bonchev–Trinajstić information content (AvgIpc) is 2.63. The summed E-state index contributed by atoms with van der Waals surface area (Å²) in [6.45, 7) is -1.86. The van der Waals surface area contributed by atoms with Gasteiger partial charge in [-0.15, -0.1) is 0 Å². The van der Waals surface area contributed by atoms with E-state index in [9.17, 15) is 26.4 Å². The number of carbonyl (C=O) groups is 1. The third-order valence-electron chi connectivity index (χ3n) is 1.51. The number of alkyl halides is 3.